The molecule has 1 aromatic heterocycles. The van der Waals surface area contributed by atoms with Crippen molar-refractivity contribution in [2.24, 2.45) is 0 Å². The van der Waals surface area contributed by atoms with Crippen molar-refractivity contribution in [1.29, 1.82) is 0 Å². The summed E-state index contributed by atoms with van der Waals surface area (Å²) in [6.45, 7) is 0. The van der Waals surface area contributed by atoms with E-state index in [0.717, 1.165) is 12.8 Å². The van der Waals surface area contributed by atoms with Crippen LogP contribution in [0, 0.1) is 0 Å². The summed E-state index contributed by atoms with van der Waals surface area (Å²) in [5.41, 5.74) is -1.95. The van der Waals surface area contributed by atoms with Crippen LogP contribution in [0.2, 0.25) is 0 Å². The average Bonchev–Trinajstić information content (AvgIpc) is 2.81. The van der Waals surface area contributed by atoms with Crippen LogP contribution in [0.5, 0.6) is 0 Å². The Labute approximate surface area is 109 Å². The normalized spacial score (nSPS) is 18.3. The molecule has 0 spiro atoms. The van der Waals surface area contributed by atoms with E-state index in [2.05, 4.69) is 4.98 Å². The number of hydrogen-bond acceptors (Lipinski definition) is 5. The van der Waals surface area contributed by atoms with Crippen LogP contribution in [0.1, 0.15) is 30.0 Å². The molecule has 0 amide bonds. The van der Waals surface area contributed by atoms with Gasteiger partial charge < -0.3 is 14.2 Å². The molecule has 1 unspecified atom stereocenters. The molecule has 1 N–H and O–H groups in total. The van der Waals surface area contributed by atoms with Crippen LogP contribution in [-0.4, -0.2) is 27.6 Å². The number of nitrogens with zero attached hydrogens (tertiary/aromatic N) is 2. The van der Waals surface area contributed by atoms with Crippen LogP contribution < -0.4 is 29.6 Å². The summed E-state index contributed by atoms with van der Waals surface area (Å²) in [5.74, 6) is 0. The maximum atomic E-state index is 10.6. The molecule has 78 valence electrons. The predicted molar refractivity (Wildman–Crippen MR) is 45.2 cm³/mol. The summed E-state index contributed by atoms with van der Waals surface area (Å²) in [6.07, 6.45) is 4.49. The zero-order valence-corrected chi connectivity index (χ0v) is 11.0. The van der Waals surface area contributed by atoms with E-state index in [-0.39, 0.29) is 41.3 Å². The van der Waals surface area contributed by atoms with Crippen LogP contribution in [0.15, 0.2) is 12.5 Å². The van der Waals surface area contributed by atoms with Crippen LogP contribution in [0.3, 0.4) is 0 Å². The molecule has 1 aliphatic rings. The van der Waals surface area contributed by atoms with Gasteiger partial charge in [-0.2, -0.15) is 0 Å². The first kappa shape index (κ1) is 13.1. The summed E-state index contributed by atoms with van der Waals surface area (Å²) in [4.78, 5) is 3.72. The van der Waals surface area contributed by atoms with Crippen molar-refractivity contribution < 1.29 is 47.6 Å². The molecule has 6 nitrogen and oxygen atoms in total. The molecular formula is C7H9N2NaO4S. The van der Waals surface area contributed by atoms with Crippen molar-refractivity contribution in [2.45, 2.75) is 24.3 Å². The number of hydrogen-bond donors (Lipinski definition) is 1. The van der Waals surface area contributed by atoms with Crippen LogP contribution in [0.25, 0.3) is 0 Å². The first-order valence-electron chi connectivity index (χ1n) is 4.14. The zero-order chi connectivity index (χ0) is 10.3. The van der Waals surface area contributed by atoms with Crippen LogP contribution in [-0.2, 0) is 10.1 Å². The Morgan fingerprint density at radius 2 is 2.20 bits per heavy atom. The first-order valence-corrected chi connectivity index (χ1v) is 5.62. The molecule has 0 aromatic carbocycles. The third-order valence-electron chi connectivity index (χ3n) is 2.16. The second-order valence-electron chi connectivity index (χ2n) is 3.30. The topological polar surface area (TPSA) is 95.2 Å². The van der Waals surface area contributed by atoms with Gasteiger partial charge in [-0.15, -0.1) is 0 Å². The molecule has 1 fully saturated rings. The van der Waals surface area contributed by atoms with E-state index in [1.165, 1.54) is 12.5 Å². The Morgan fingerprint density at radius 1 is 1.60 bits per heavy atom. The maximum Gasteiger partial charge on any atom is 1.00 e. The van der Waals surface area contributed by atoms with Gasteiger partial charge in [0.2, 0.25) is 0 Å². The van der Waals surface area contributed by atoms with E-state index < -0.39 is 15.6 Å². The van der Waals surface area contributed by atoms with Crippen LogP contribution in [0.4, 0.5) is 0 Å². The zero-order valence-electron chi connectivity index (χ0n) is 8.20. The van der Waals surface area contributed by atoms with Crippen molar-refractivity contribution in [3.8, 4) is 0 Å². The minimum Gasteiger partial charge on any atom is -0.746 e. The molecule has 0 radical (unpaired) electrons. The average molecular weight is 240 g/mol. The Hall–Kier alpha value is 0.0800. The Kier molecular flexibility index (Phi) is 3.96. The number of aliphatic hydroxyl groups excluding tert-OH is 1. The quantitative estimate of drug-likeness (QED) is 0.442. The monoisotopic (exact) mass is 240 g/mol. The first-order chi connectivity index (χ1) is 6.50. The molecule has 15 heavy (non-hydrogen) atoms. The summed E-state index contributed by atoms with van der Waals surface area (Å²) in [6, 6.07) is 0.184. The van der Waals surface area contributed by atoms with E-state index in [1.54, 1.807) is 4.57 Å². The summed E-state index contributed by atoms with van der Waals surface area (Å²) in [5, 5.41) is 9.24. The second-order valence-corrected chi connectivity index (χ2v) is 4.73. The molecule has 0 saturated heterocycles. The van der Waals surface area contributed by atoms with E-state index >= 15 is 0 Å². The van der Waals surface area contributed by atoms with Gasteiger partial charge in [0.05, 0.1) is 18.2 Å². The van der Waals surface area contributed by atoms with E-state index in [1.807, 2.05) is 0 Å². The van der Waals surface area contributed by atoms with Gasteiger partial charge in [0.25, 0.3) is 0 Å². The van der Waals surface area contributed by atoms with Crippen molar-refractivity contribution in [3.05, 3.63) is 18.2 Å². The van der Waals surface area contributed by atoms with Gasteiger partial charge in [-0.05, 0) is 12.8 Å². The molecule has 1 saturated carbocycles. The molecule has 0 bridgehead atoms. The van der Waals surface area contributed by atoms with Crippen molar-refractivity contribution in [2.75, 3.05) is 0 Å². The third kappa shape index (κ3) is 2.80. The van der Waals surface area contributed by atoms with Gasteiger partial charge in [-0.3, -0.25) is 0 Å². The smallest absolute Gasteiger partial charge is 0.746 e. The standard InChI is InChI=1S/C7H10N2O4S.Na/c10-7(14(11,12)13)6-3-8-4-9(6)5-1-2-5;/h3-5,7,10H,1-2H2,(H,11,12,13);/q;+1/p-1. The predicted octanol–water partition coefficient (Wildman–Crippen LogP) is -3.24. The van der Waals surface area contributed by atoms with Gasteiger partial charge in [-0.25, -0.2) is 13.4 Å². The molecule has 2 rings (SSSR count). The molecule has 1 aromatic rings. The Morgan fingerprint density at radius 3 is 2.67 bits per heavy atom. The Balaban J connectivity index is 0.00000112. The number of imidazole rings is 1. The third-order valence-corrected chi connectivity index (χ3v) is 2.95. The van der Waals surface area contributed by atoms with E-state index in [9.17, 15) is 18.1 Å². The van der Waals surface area contributed by atoms with Gasteiger partial charge in [0.1, 0.15) is 10.1 Å². The van der Waals surface area contributed by atoms with E-state index in [0.29, 0.717) is 0 Å². The molecule has 1 atom stereocenters. The van der Waals surface area contributed by atoms with Crippen molar-refractivity contribution in [3.63, 3.8) is 0 Å². The number of aromatic nitrogens is 2. The second kappa shape index (κ2) is 4.52. The fourth-order valence-electron chi connectivity index (χ4n) is 1.31. The van der Waals surface area contributed by atoms with Gasteiger partial charge in [0.15, 0.2) is 5.44 Å². The Bertz CT molecular complexity index is 440. The number of rotatable bonds is 3. The molecule has 1 aliphatic carbocycles. The van der Waals surface area contributed by atoms with Gasteiger partial charge in [0, 0.05) is 6.04 Å². The van der Waals surface area contributed by atoms with Crippen LogP contribution >= 0.6 is 0 Å². The largest absolute Gasteiger partial charge is 1.00 e. The molecular weight excluding hydrogens is 231 g/mol. The van der Waals surface area contributed by atoms with Crippen molar-refractivity contribution in [1.82, 2.24) is 9.55 Å². The number of aliphatic hydroxyl groups is 1. The molecule has 0 aliphatic heterocycles. The van der Waals surface area contributed by atoms with Crippen molar-refractivity contribution >= 4 is 10.1 Å². The summed E-state index contributed by atoms with van der Waals surface area (Å²) < 4.78 is 33.3. The fourth-order valence-corrected chi connectivity index (χ4v) is 1.79. The minimum atomic E-state index is -4.71. The summed E-state index contributed by atoms with van der Waals surface area (Å²) >= 11 is 0. The maximum absolute atomic E-state index is 10.6. The van der Waals surface area contributed by atoms with E-state index in [4.69, 9.17) is 0 Å². The minimum absolute atomic E-state index is 0. The SMILES string of the molecule is O=S(=O)([O-])C(O)c1cncn1C1CC1.[Na+]. The molecule has 1 heterocycles. The van der Waals surface area contributed by atoms with Gasteiger partial charge >= 0.3 is 29.6 Å². The summed E-state index contributed by atoms with van der Waals surface area (Å²) in [7, 11) is -4.71. The fraction of sp³-hybridized carbons (Fsp3) is 0.571. The molecule has 8 heteroatoms. The van der Waals surface area contributed by atoms with Gasteiger partial charge in [-0.1, -0.05) is 0 Å².